The molecule has 0 aliphatic heterocycles. The van der Waals surface area contributed by atoms with Crippen molar-refractivity contribution in [3.05, 3.63) is 58.1 Å². The van der Waals surface area contributed by atoms with Gasteiger partial charge in [-0.1, -0.05) is 49.8 Å². The van der Waals surface area contributed by atoms with E-state index in [0.717, 1.165) is 16.9 Å². The number of hydrogen-bond donors (Lipinski definition) is 1. The molecule has 0 fully saturated rings. The number of thiocarbonyl (C=S) groups is 1. The van der Waals surface area contributed by atoms with Crippen molar-refractivity contribution in [2.45, 2.75) is 26.7 Å². The molecule has 2 aromatic rings. The van der Waals surface area contributed by atoms with E-state index in [1.54, 1.807) is 18.2 Å². The van der Waals surface area contributed by atoms with Crippen LogP contribution in [0, 0.1) is 6.92 Å². The van der Waals surface area contributed by atoms with Gasteiger partial charge in [-0.3, -0.25) is 0 Å². The van der Waals surface area contributed by atoms with E-state index in [2.05, 4.69) is 26.0 Å². The van der Waals surface area contributed by atoms with Crippen molar-refractivity contribution in [2.75, 3.05) is 0 Å². The quantitative estimate of drug-likeness (QED) is 0.787. The van der Waals surface area contributed by atoms with Gasteiger partial charge in [0.2, 0.25) is 0 Å². The summed E-state index contributed by atoms with van der Waals surface area (Å²) in [6.07, 6.45) is 0. The summed E-state index contributed by atoms with van der Waals surface area (Å²) in [6, 6.07) is 11.4. The summed E-state index contributed by atoms with van der Waals surface area (Å²) in [6.45, 7) is 6.29. The molecule has 0 unspecified atom stereocenters. The smallest absolute Gasteiger partial charge is 0.139 e. The highest BCUT2D eigenvalue weighted by Gasteiger charge is 2.13. The summed E-state index contributed by atoms with van der Waals surface area (Å²) >= 11 is 11.1. The van der Waals surface area contributed by atoms with Crippen molar-refractivity contribution < 1.29 is 4.74 Å². The van der Waals surface area contributed by atoms with Gasteiger partial charge in [0.05, 0.1) is 5.56 Å². The number of halogens is 1. The Labute approximate surface area is 135 Å². The Morgan fingerprint density at radius 1 is 1.14 bits per heavy atom. The van der Waals surface area contributed by atoms with Gasteiger partial charge in [-0.15, -0.1) is 0 Å². The van der Waals surface area contributed by atoms with Crippen LogP contribution in [0.25, 0.3) is 0 Å². The molecule has 2 aromatic carbocycles. The Morgan fingerprint density at radius 2 is 1.86 bits per heavy atom. The molecule has 4 heteroatoms. The lowest BCUT2D eigenvalue weighted by molar-refractivity contribution is 0.472. The monoisotopic (exact) mass is 319 g/mol. The SMILES string of the molecule is Cc1ccc(C(C)C)c(Oc2cc(Cl)ccc2C(N)=S)c1. The van der Waals surface area contributed by atoms with Gasteiger partial charge >= 0.3 is 0 Å². The van der Waals surface area contributed by atoms with Crippen LogP contribution in [0.4, 0.5) is 0 Å². The second kappa shape index (κ2) is 6.46. The first kappa shape index (κ1) is 15.8. The van der Waals surface area contributed by atoms with E-state index in [0.29, 0.717) is 27.2 Å². The Kier molecular flexibility index (Phi) is 4.86. The lowest BCUT2D eigenvalue weighted by Crippen LogP contribution is -2.11. The van der Waals surface area contributed by atoms with E-state index in [1.165, 1.54) is 0 Å². The maximum absolute atomic E-state index is 6.07. The maximum Gasteiger partial charge on any atom is 0.139 e. The lowest BCUT2D eigenvalue weighted by atomic mass is 10.0. The standard InChI is InChI=1S/C17H18ClNOS/c1-10(2)13-6-4-11(3)8-15(13)20-16-9-12(18)5-7-14(16)17(19)21/h4-10H,1-3H3,(H2,19,21). The van der Waals surface area contributed by atoms with Gasteiger partial charge in [0.15, 0.2) is 0 Å². The van der Waals surface area contributed by atoms with E-state index < -0.39 is 0 Å². The number of aryl methyl sites for hydroxylation is 1. The van der Waals surface area contributed by atoms with Gasteiger partial charge in [0.1, 0.15) is 16.5 Å². The fraction of sp³-hybridized carbons (Fsp3) is 0.235. The Hall–Kier alpha value is -1.58. The van der Waals surface area contributed by atoms with Crippen LogP contribution in [0.15, 0.2) is 36.4 Å². The van der Waals surface area contributed by atoms with E-state index in [4.69, 9.17) is 34.3 Å². The third-order valence-electron chi connectivity index (χ3n) is 3.22. The second-order valence-corrected chi connectivity index (χ2v) is 6.18. The van der Waals surface area contributed by atoms with Gasteiger partial charge in [0, 0.05) is 11.1 Å². The van der Waals surface area contributed by atoms with Crippen LogP contribution in [0.3, 0.4) is 0 Å². The van der Waals surface area contributed by atoms with Crippen LogP contribution < -0.4 is 10.5 Å². The Balaban J connectivity index is 2.49. The van der Waals surface area contributed by atoms with E-state index in [1.807, 2.05) is 13.0 Å². The van der Waals surface area contributed by atoms with Crippen LogP contribution in [-0.4, -0.2) is 4.99 Å². The molecule has 0 heterocycles. The molecule has 2 nitrogen and oxygen atoms in total. The summed E-state index contributed by atoms with van der Waals surface area (Å²) in [5.74, 6) is 1.75. The molecule has 0 saturated heterocycles. The molecule has 0 radical (unpaired) electrons. The van der Waals surface area contributed by atoms with Gasteiger partial charge in [-0.25, -0.2) is 0 Å². The minimum absolute atomic E-state index is 0.292. The molecular formula is C17H18ClNOS. The number of ether oxygens (including phenoxy) is 1. The molecular weight excluding hydrogens is 302 g/mol. The molecule has 0 amide bonds. The summed E-state index contributed by atoms with van der Waals surface area (Å²) in [4.78, 5) is 0.292. The van der Waals surface area contributed by atoms with Crippen molar-refractivity contribution in [1.29, 1.82) is 0 Å². The topological polar surface area (TPSA) is 35.2 Å². The van der Waals surface area contributed by atoms with E-state index >= 15 is 0 Å². The third-order valence-corrected chi connectivity index (χ3v) is 3.68. The van der Waals surface area contributed by atoms with Crippen LogP contribution in [-0.2, 0) is 0 Å². The molecule has 0 aliphatic carbocycles. The molecule has 2 N–H and O–H groups in total. The minimum Gasteiger partial charge on any atom is -0.456 e. The highest BCUT2D eigenvalue weighted by molar-refractivity contribution is 7.80. The zero-order valence-corrected chi connectivity index (χ0v) is 13.9. The number of rotatable bonds is 4. The molecule has 110 valence electrons. The zero-order chi connectivity index (χ0) is 15.6. The predicted molar refractivity (Wildman–Crippen MR) is 92.7 cm³/mol. The summed E-state index contributed by atoms with van der Waals surface area (Å²) in [7, 11) is 0. The number of hydrogen-bond acceptors (Lipinski definition) is 2. The molecule has 0 aliphatic rings. The average Bonchev–Trinajstić information content (AvgIpc) is 2.38. The van der Waals surface area contributed by atoms with Gasteiger partial charge < -0.3 is 10.5 Å². The van der Waals surface area contributed by atoms with Crippen LogP contribution in [0.2, 0.25) is 5.02 Å². The van der Waals surface area contributed by atoms with Crippen molar-refractivity contribution in [2.24, 2.45) is 5.73 Å². The molecule has 21 heavy (non-hydrogen) atoms. The van der Waals surface area contributed by atoms with Crippen molar-refractivity contribution in [1.82, 2.24) is 0 Å². The Morgan fingerprint density at radius 3 is 2.48 bits per heavy atom. The molecule has 0 spiro atoms. The van der Waals surface area contributed by atoms with E-state index in [9.17, 15) is 0 Å². The maximum atomic E-state index is 6.07. The molecule has 2 rings (SSSR count). The van der Waals surface area contributed by atoms with Crippen LogP contribution in [0.5, 0.6) is 11.5 Å². The first-order valence-electron chi connectivity index (χ1n) is 6.76. The van der Waals surface area contributed by atoms with Crippen molar-refractivity contribution in [3.63, 3.8) is 0 Å². The molecule has 0 atom stereocenters. The van der Waals surface area contributed by atoms with Crippen LogP contribution >= 0.6 is 23.8 Å². The second-order valence-electron chi connectivity index (χ2n) is 5.30. The normalized spacial score (nSPS) is 10.7. The molecule has 0 bridgehead atoms. The van der Waals surface area contributed by atoms with Gasteiger partial charge in [-0.2, -0.15) is 0 Å². The fourth-order valence-electron chi connectivity index (χ4n) is 2.11. The summed E-state index contributed by atoms with van der Waals surface area (Å²) in [5.41, 5.74) is 8.71. The first-order valence-corrected chi connectivity index (χ1v) is 7.55. The van der Waals surface area contributed by atoms with Gasteiger partial charge in [-0.05, 0) is 42.2 Å². The third kappa shape index (κ3) is 3.74. The van der Waals surface area contributed by atoms with Crippen LogP contribution in [0.1, 0.15) is 36.5 Å². The van der Waals surface area contributed by atoms with Gasteiger partial charge in [0.25, 0.3) is 0 Å². The fourth-order valence-corrected chi connectivity index (χ4v) is 2.44. The minimum atomic E-state index is 0.292. The number of benzene rings is 2. The van der Waals surface area contributed by atoms with Crippen molar-refractivity contribution >= 4 is 28.8 Å². The molecule has 0 saturated carbocycles. The number of nitrogens with two attached hydrogens (primary N) is 1. The first-order chi connectivity index (χ1) is 9.88. The zero-order valence-electron chi connectivity index (χ0n) is 12.3. The highest BCUT2D eigenvalue weighted by Crippen LogP contribution is 2.34. The van der Waals surface area contributed by atoms with Crippen molar-refractivity contribution in [3.8, 4) is 11.5 Å². The largest absolute Gasteiger partial charge is 0.456 e. The lowest BCUT2D eigenvalue weighted by Gasteiger charge is -2.16. The predicted octanol–water partition coefficient (Wildman–Crippen LogP) is 5.20. The summed E-state index contributed by atoms with van der Waals surface area (Å²) < 4.78 is 6.07. The molecule has 0 aromatic heterocycles. The Bertz CT molecular complexity index is 682. The highest BCUT2D eigenvalue weighted by atomic mass is 35.5. The average molecular weight is 320 g/mol. The van der Waals surface area contributed by atoms with E-state index in [-0.39, 0.29) is 0 Å². The summed E-state index contributed by atoms with van der Waals surface area (Å²) in [5, 5.41) is 0.587.